The van der Waals surface area contributed by atoms with Gasteiger partial charge in [-0.25, -0.2) is 0 Å². The number of nitrogens with zero attached hydrogens (tertiary/aromatic N) is 1. The van der Waals surface area contributed by atoms with E-state index < -0.39 is 5.60 Å². The summed E-state index contributed by atoms with van der Waals surface area (Å²) in [4.78, 5) is 15.7. The molecule has 0 spiro atoms. The minimum atomic E-state index is -0.720. The van der Waals surface area contributed by atoms with Crippen molar-refractivity contribution in [1.29, 1.82) is 0 Å². The number of nitrogens with one attached hydrogen (secondary N) is 1. The molecule has 0 saturated heterocycles. The Morgan fingerprint density at radius 1 is 1.35 bits per heavy atom. The predicted octanol–water partition coefficient (Wildman–Crippen LogP) is 1.51. The van der Waals surface area contributed by atoms with Gasteiger partial charge in [0.05, 0.1) is 5.60 Å². The Bertz CT molecular complexity index is 372. The van der Waals surface area contributed by atoms with E-state index in [1.165, 1.54) is 6.42 Å². The Morgan fingerprint density at radius 2 is 2.12 bits per heavy atom. The molecular weight excluding hydrogens is 216 g/mol. The first-order valence-corrected chi connectivity index (χ1v) is 6.11. The lowest BCUT2D eigenvalue weighted by Gasteiger charge is -2.32. The second kappa shape index (κ2) is 5.27. The van der Waals surface area contributed by atoms with Crippen LogP contribution in [0.5, 0.6) is 0 Å². The quantitative estimate of drug-likeness (QED) is 0.833. The maximum atomic E-state index is 11.7. The molecule has 0 aromatic carbocycles. The molecule has 0 unspecified atom stereocenters. The fourth-order valence-corrected chi connectivity index (χ4v) is 2.22. The molecule has 17 heavy (non-hydrogen) atoms. The van der Waals surface area contributed by atoms with E-state index in [2.05, 4.69) is 10.3 Å². The first-order chi connectivity index (χ1) is 8.20. The number of aliphatic hydroxyl groups is 1. The van der Waals surface area contributed by atoms with Crippen molar-refractivity contribution in [2.45, 2.75) is 37.7 Å². The van der Waals surface area contributed by atoms with E-state index in [1.54, 1.807) is 24.4 Å². The minimum Gasteiger partial charge on any atom is -0.388 e. The SMILES string of the molecule is O=C(NCC1(O)CCCCC1)c1ccccn1. The molecule has 1 aromatic heterocycles. The van der Waals surface area contributed by atoms with Gasteiger partial charge in [0.2, 0.25) is 0 Å². The summed E-state index contributed by atoms with van der Waals surface area (Å²) in [5.41, 5.74) is -0.324. The lowest BCUT2D eigenvalue weighted by molar-refractivity contribution is 0.00521. The van der Waals surface area contributed by atoms with Crippen LogP contribution in [0.25, 0.3) is 0 Å². The van der Waals surface area contributed by atoms with Crippen LogP contribution < -0.4 is 5.32 Å². The number of pyridine rings is 1. The van der Waals surface area contributed by atoms with E-state index in [-0.39, 0.29) is 5.91 Å². The topological polar surface area (TPSA) is 62.2 Å². The molecule has 1 aliphatic rings. The van der Waals surface area contributed by atoms with Crippen LogP contribution in [-0.4, -0.2) is 28.1 Å². The van der Waals surface area contributed by atoms with Gasteiger partial charge in [0.1, 0.15) is 5.69 Å². The highest BCUT2D eigenvalue weighted by Gasteiger charge is 2.29. The van der Waals surface area contributed by atoms with E-state index >= 15 is 0 Å². The van der Waals surface area contributed by atoms with E-state index in [9.17, 15) is 9.90 Å². The Balaban J connectivity index is 1.87. The first kappa shape index (κ1) is 12.0. The van der Waals surface area contributed by atoms with Crippen LogP contribution in [0.15, 0.2) is 24.4 Å². The summed E-state index contributed by atoms with van der Waals surface area (Å²) < 4.78 is 0. The molecule has 1 fully saturated rings. The van der Waals surface area contributed by atoms with Gasteiger partial charge in [-0.05, 0) is 25.0 Å². The van der Waals surface area contributed by atoms with Gasteiger partial charge < -0.3 is 10.4 Å². The third-order valence-corrected chi connectivity index (χ3v) is 3.26. The summed E-state index contributed by atoms with van der Waals surface area (Å²) in [7, 11) is 0. The van der Waals surface area contributed by atoms with Crippen molar-refractivity contribution in [1.82, 2.24) is 10.3 Å². The number of rotatable bonds is 3. The number of carbonyl (C=O) groups excluding carboxylic acids is 1. The Kier molecular flexibility index (Phi) is 3.74. The van der Waals surface area contributed by atoms with Crippen LogP contribution in [-0.2, 0) is 0 Å². The van der Waals surface area contributed by atoms with Crippen molar-refractivity contribution >= 4 is 5.91 Å². The Hall–Kier alpha value is -1.42. The molecule has 1 amide bonds. The van der Waals surface area contributed by atoms with Gasteiger partial charge in [0.25, 0.3) is 5.91 Å². The Morgan fingerprint density at radius 3 is 2.76 bits per heavy atom. The van der Waals surface area contributed by atoms with Crippen LogP contribution in [0.1, 0.15) is 42.6 Å². The van der Waals surface area contributed by atoms with Crippen LogP contribution in [0.4, 0.5) is 0 Å². The molecule has 0 atom stereocenters. The Labute approximate surface area is 101 Å². The lowest BCUT2D eigenvalue weighted by Crippen LogP contribution is -2.44. The highest BCUT2D eigenvalue weighted by atomic mass is 16.3. The summed E-state index contributed by atoms with van der Waals surface area (Å²) in [6, 6.07) is 5.21. The third-order valence-electron chi connectivity index (χ3n) is 3.26. The number of hydrogen-bond acceptors (Lipinski definition) is 3. The molecule has 4 nitrogen and oxygen atoms in total. The molecule has 0 aliphatic heterocycles. The number of hydrogen-bond donors (Lipinski definition) is 2. The number of aromatic nitrogens is 1. The smallest absolute Gasteiger partial charge is 0.269 e. The number of carbonyl (C=O) groups is 1. The molecular formula is C13H18N2O2. The van der Waals surface area contributed by atoms with Gasteiger partial charge in [-0.2, -0.15) is 0 Å². The highest BCUT2D eigenvalue weighted by molar-refractivity contribution is 5.92. The van der Waals surface area contributed by atoms with Gasteiger partial charge in [-0.3, -0.25) is 9.78 Å². The number of amides is 1. The highest BCUT2D eigenvalue weighted by Crippen LogP contribution is 2.27. The molecule has 4 heteroatoms. The molecule has 0 radical (unpaired) electrons. The maximum absolute atomic E-state index is 11.7. The van der Waals surface area contributed by atoms with E-state index in [4.69, 9.17) is 0 Å². The van der Waals surface area contributed by atoms with Crippen molar-refractivity contribution in [2.75, 3.05) is 6.54 Å². The predicted molar refractivity (Wildman–Crippen MR) is 64.6 cm³/mol. The lowest BCUT2D eigenvalue weighted by atomic mass is 9.85. The first-order valence-electron chi connectivity index (χ1n) is 6.11. The molecule has 0 bridgehead atoms. The van der Waals surface area contributed by atoms with Gasteiger partial charge in [0, 0.05) is 12.7 Å². The molecule has 1 aliphatic carbocycles. The average molecular weight is 234 g/mol. The molecule has 2 N–H and O–H groups in total. The fraction of sp³-hybridized carbons (Fsp3) is 0.538. The summed E-state index contributed by atoms with van der Waals surface area (Å²) >= 11 is 0. The summed E-state index contributed by atoms with van der Waals surface area (Å²) in [6.07, 6.45) is 6.39. The van der Waals surface area contributed by atoms with Crippen molar-refractivity contribution in [3.8, 4) is 0 Å². The van der Waals surface area contributed by atoms with Gasteiger partial charge >= 0.3 is 0 Å². The van der Waals surface area contributed by atoms with Crippen LogP contribution in [0.3, 0.4) is 0 Å². The molecule has 2 rings (SSSR count). The zero-order chi connectivity index (χ0) is 12.1. The second-order valence-corrected chi connectivity index (χ2v) is 4.68. The van der Waals surface area contributed by atoms with Gasteiger partial charge in [-0.1, -0.05) is 25.3 Å². The zero-order valence-electron chi connectivity index (χ0n) is 9.85. The maximum Gasteiger partial charge on any atom is 0.269 e. The van der Waals surface area contributed by atoms with Crippen molar-refractivity contribution in [2.24, 2.45) is 0 Å². The molecule has 1 saturated carbocycles. The van der Waals surface area contributed by atoms with Gasteiger partial charge in [-0.15, -0.1) is 0 Å². The largest absolute Gasteiger partial charge is 0.388 e. The van der Waals surface area contributed by atoms with E-state index in [0.717, 1.165) is 25.7 Å². The summed E-state index contributed by atoms with van der Waals surface area (Å²) in [5.74, 6) is -0.218. The van der Waals surface area contributed by atoms with Crippen LogP contribution >= 0.6 is 0 Å². The molecule has 1 heterocycles. The monoisotopic (exact) mass is 234 g/mol. The third kappa shape index (κ3) is 3.27. The summed E-state index contributed by atoms with van der Waals surface area (Å²) in [5, 5.41) is 13.0. The molecule has 1 aromatic rings. The summed E-state index contributed by atoms with van der Waals surface area (Å²) in [6.45, 7) is 0.322. The van der Waals surface area contributed by atoms with Crippen LogP contribution in [0.2, 0.25) is 0 Å². The normalized spacial score (nSPS) is 18.6. The standard InChI is InChI=1S/C13H18N2O2/c16-12(11-6-2-5-9-14-11)15-10-13(17)7-3-1-4-8-13/h2,5-6,9,17H,1,3-4,7-8,10H2,(H,15,16). The van der Waals surface area contributed by atoms with E-state index in [1.807, 2.05) is 0 Å². The van der Waals surface area contributed by atoms with Gasteiger partial charge in [0.15, 0.2) is 0 Å². The average Bonchev–Trinajstić information content (AvgIpc) is 2.38. The van der Waals surface area contributed by atoms with Crippen molar-refractivity contribution < 1.29 is 9.90 Å². The van der Waals surface area contributed by atoms with Crippen molar-refractivity contribution in [3.05, 3.63) is 30.1 Å². The van der Waals surface area contributed by atoms with Crippen molar-refractivity contribution in [3.63, 3.8) is 0 Å². The molecule has 92 valence electrons. The zero-order valence-corrected chi connectivity index (χ0v) is 9.85. The second-order valence-electron chi connectivity index (χ2n) is 4.68. The van der Waals surface area contributed by atoms with E-state index in [0.29, 0.717) is 12.2 Å². The van der Waals surface area contributed by atoms with Crippen LogP contribution in [0, 0.1) is 0 Å². The minimum absolute atomic E-state index is 0.218. The fourth-order valence-electron chi connectivity index (χ4n) is 2.22.